The molecule has 474 valence electrons. The molecule has 7 fully saturated rings. The summed E-state index contributed by atoms with van der Waals surface area (Å²) in [5.41, 5.74) is 0. The van der Waals surface area contributed by atoms with Gasteiger partial charge in [-0.25, -0.2) is 0 Å². The van der Waals surface area contributed by atoms with E-state index in [1.165, 1.54) is 0 Å². The minimum Gasteiger partial charge on any atom is -0.379 e. The molecule has 0 spiro atoms. The number of rotatable bonds is 36. The quantitative estimate of drug-likeness (QED) is 0.0619. The average molecular weight is 1160 g/mol. The highest BCUT2D eigenvalue weighted by molar-refractivity contribution is 4.80. The van der Waals surface area contributed by atoms with Crippen molar-refractivity contribution in [3.63, 3.8) is 0 Å². The highest BCUT2D eigenvalue weighted by atomic mass is 16.8. The molecule has 4 unspecified atom stereocenters. The molecule has 0 radical (unpaired) electrons. The smallest absolute Gasteiger partial charge is 0.163 e. The fourth-order valence-corrected chi connectivity index (χ4v) is 11.3. The van der Waals surface area contributed by atoms with Gasteiger partial charge in [0.1, 0.15) is 0 Å². The molecule has 7 aliphatic heterocycles. The van der Waals surface area contributed by atoms with Gasteiger partial charge in [0.25, 0.3) is 0 Å². The predicted octanol–water partition coefficient (Wildman–Crippen LogP) is 6.53. The van der Waals surface area contributed by atoms with Gasteiger partial charge in [0, 0.05) is 98.5 Å². The van der Waals surface area contributed by atoms with E-state index >= 15 is 0 Å². The van der Waals surface area contributed by atoms with E-state index in [2.05, 4.69) is 14.7 Å². The zero-order valence-electron chi connectivity index (χ0n) is 52.2. The van der Waals surface area contributed by atoms with Crippen LogP contribution in [0.1, 0.15) is 141 Å². The Hall–Kier alpha value is -0.840. The zero-order chi connectivity index (χ0) is 58.0. The molecule has 7 heterocycles. The number of nitrogens with zero attached hydrogens (tertiary/aromatic N) is 3. The Morgan fingerprint density at radius 3 is 0.691 bits per heavy atom. The molecule has 0 bridgehead atoms. The van der Waals surface area contributed by atoms with E-state index in [-0.39, 0.29) is 54.9 Å². The molecule has 7 saturated heterocycles. The summed E-state index contributed by atoms with van der Waals surface area (Å²) in [5.74, 6) is -3.40. The molecule has 0 N–H and O–H groups in total. The highest BCUT2D eigenvalue weighted by Crippen LogP contribution is 2.29. The van der Waals surface area contributed by atoms with Crippen LogP contribution in [0, 0.1) is 0 Å². The third-order valence-corrected chi connectivity index (χ3v) is 15.9. The van der Waals surface area contributed by atoms with E-state index in [0.717, 1.165) is 117 Å². The zero-order valence-corrected chi connectivity index (χ0v) is 52.2. The Labute approximate surface area is 487 Å². The monoisotopic (exact) mass is 1160 g/mol. The summed E-state index contributed by atoms with van der Waals surface area (Å²) in [6.07, 6.45) is 6.85. The van der Waals surface area contributed by atoms with Crippen molar-refractivity contribution in [3.05, 3.63) is 0 Å². The van der Waals surface area contributed by atoms with Crippen LogP contribution in [0.2, 0.25) is 0 Å². The molecule has 21 nitrogen and oxygen atoms in total. The Morgan fingerprint density at radius 1 is 0.309 bits per heavy atom. The summed E-state index contributed by atoms with van der Waals surface area (Å²) < 4.78 is 111. The van der Waals surface area contributed by atoms with Gasteiger partial charge in [0.2, 0.25) is 0 Å². The van der Waals surface area contributed by atoms with Gasteiger partial charge in [-0.2, -0.15) is 0 Å². The Morgan fingerprint density at radius 2 is 0.506 bits per heavy atom. The predicted molar refractivity (Wildman–Crippen MR) is 302 cm³/mol. The van der Waals surface area contributed by atoms with Crippen LogP contribution in [0.15, 0.2) is 0 Å². The molecule has 0 saturated carbocycles. The third kappa shape index (κ3) is 26.2. The first-order valence-electron chi connectivity index (χ1n) is 31.1. The second-order valence-electron chi connectivity index (χ2n) is 26.0. The summed E-state index contributed by atoms with van der Waals surface area (Å²) in [5, 5.41) is 0. The van der Waals surface area contributed by atoms with Gasteiger partial charge >= 0.3 is 0 Å². The van der Waals surface area contributed by atoms with Crippen LogP contribution in [-0.2, 0) is 85.3 Å². The lowest BCUT2D eigenvalue weighted by atomic mass is 10.2. The van der Waals surface area contributed by atoms with Gasteiger partial charge in [0.05, 0.1) is 114 Å². The van der Waals surface area contributed by atoms with Crippen LogP contribution in [-0.4, -0.2) is 262 Å². The van der Waals surface area contributed by atoms with Crippen LogP contribution in [0.3, 0.4) is 0 Å². The summed E-state index contributed by atoms with van der Waals surface area (Å²) in [6.45, 7) is 40.0. The molecular weight excluding hydrogens is 1050 g/mol. The molecule has 9 atom stereocenters. The third-order valence-electron chi connectivity index (χ3n) is 15.9. The van der Waals surface area contributed by atoms with Crippen molar-refractivity contribution in [2.45, 2.75) is 231 Å². The van der Waals surface area contributed by atoms with Crippen LogP contribution in [0.5, 0.6) is 0 Å². The Balaban J connectivity index is 0.981. The number of hydrogen-bond acceptors (Lipinski definition) is 21. The van der Waals surface area contributed by atoms with E-state index in [1.807, 2.05) is 83.1 Å². The molecule has 0 aromatic rings. The topological polar surface area (TPSA) is 176 Å². The first-order valence-corrected chi connectivity index (χ1v) is 31.1. The van der Waals surface area contributed by atoms with Crippen molar-refractivity contribution in [3.8, 4) is 0 Å². The first-order chi connectivity index (χ1) is 38.4. The normalized spacial score (nSPS) is 30.7. The molecule has 0 aliphatic carbocycles. The van der Waals surface area contributed by atoms with Gasteiger partial charge < -0.3 is 100.0 Å². The van der Waals surface area contributed by atoms with Gasteiger partial charge in [-0.15, -0.1) is 0 Å². The van der Waals surface area contributed by atoms with E-state index in [1.54, 1.807) is 0 Å². The van der Waals surface area contributed by atoms with Gasteiger partial charge in [-0.05, 0) is 141 Å². The molecule has 81 heavy (non-hydrogen) atoms. The molecule has 0 aromatic carbocycles. The van der Waals surface area contributed by atoms with E-state index in [9.17, 15) is 0 Å². The van der Waals surface area contributed by atoms with Gasteiger partial charge in [-0.3, -0.25) is 0 Å². The molecule has 7 aliphatic rings. The molecule has 7 rings (SSSR count). The first kappa shape index (κ1) is 67.7. The van der Waals surface area contributed by atoms with Crippen LogP contribution in [0.25, 0.3) is 0 Å². The van der Waals surface area contributed by atoms with E-state index in [0.29, 0.717) is 99.1 Å². The minimum atomic E-state index is -0.573. The fourth-order valence-electron chi connectivity index (χ4n) is 11.3. The largest absolute Gasteiger partial charge is 0.379 e. The maximum Gasteiger partial charge on any atom is 0.163 e. The molecule has 0 amide bonds. The maximum absolute atomic E-state index is 6.66. The van der Waals surface area contributed by atoms with Gasteiger partial charge in [-0.1, -0.05) is 0 Å². The molecular formula is C60H111N3O18. The number of ether oxygens (including phenoxy) is 18. The summed E-state index contributed by atoms with van der Waals surface area (Å²) in [4.78, 5) is 7.84. The van der Waals surface area contributed by atoms with Crippen molar-refractivity contribution in [2.24, 2.45) is 0 Å². The van der Waals surface area contributed by atoms with Crippen molar-refractivity contribution < 1.29 is 85.3 Å². The minimum absolute atomic E-state index is 0.00260. The Bertz CT molecular complexity index is 1560. The second kappa shape index (κ2) is 32.4. The fraction of sp³-hybridized carbons (Fsp3) is 1.00. The molecule has 21 heteroatoms. The van der Waals surface area contributed by atoms with Crippen molar-refractivity contribution in [1.29, 1.82) is 0 Å². The lowest BCUT2D eigenvalue weighted by Gasteiger charge is -2.28. The van der Waals surface area contributed by atoms with Crippen molar-refractivity contribution in [1.82, 2.24) is 14.7 Å². The average Bonchev–Trinajstić information content (AvgIpc) is 4.26. The van der Waals surface area contributed by atoms with Crippen LogP contribution >= 0.6 is 0 Å². The Kier molecular flexibility index (Phi) is 27.1. The van der Waals surface area contributed by atoms with E-state index < -0.39 is 34.7 Å². The van der Waals surface area contributed by atoms with Crippen molar-refractivity contribution in [2.75, 3.05) is 158 Å². The van der Waals surface area contributed by atoms with Gasteiger partial charge in [0.15, 0.2) is 34.7 Å². The SMILES string of the molecule is CC1(C)OCC(CCOC[C@@H](CCN2CCN(CC[C@H](COCCC3COC(C)(C)O3)OCCC3COC(C)(C)O3)CCN(CC[C@H](COCC[C@@H]3COC(C)(C)O3)OCC[C@@H]3COC(C)(C)O3)CC2)OCCC2COC(C)(C)O2)O1. The maximum atomic E-state index is 6.66. The highest BCUT2D eigenvalue weighted by Gasteiger charge is 2.37. The lowest BCUT2D eigenvalue weighted by Crippen LogP contribution is -2.39. The lowest BCUT2D eigenvalue weighted by molar-refractivity contribution is -0.142. The second-order valence-corrected chi connectivity index (χ2v) is 26.0. The summed E-state index contributed by atoms with van der Waals surface area (Å²) in [6, 6.07) is 0. The summed E-state index contributed by atoms with van der Waals surface area (Å²) in [7, 11) is 0. The van der Waals surface area contributed by atoms with Crippen LogP contribution < -0.4 is 0 Å². The van der Waals surface area contributed by atoms with Crippen molar-refractivity contribution >= 4 is 0 Å². The van der Waals surface area contributed by atoms with E-state index in [4.69, 9.17) is 85.3 Å². The molecule has 0 aromatic heterocycles. The summed E-state index contributed by atoms with van der Waals surface area (Å²) >= 11 is 0. The standard InChI is InChI=1S/C60H111N3O18/c1-55(2)70-40-49(76-55)16-31-64-37-46(67-34-19-52-43-73-58(7,8)79-52)13-22-61-25-27-62(23-14-47(68-35-20-53-44-74-59(9,10)80-53)38-65-32-17-50-41-71-56(3,4)77-50)29-30-63(28-26-61)24-15-48(69-36-21-54-45-75-60(11,12)81-54)39-66-33-18-51-42-72-57(5,6)78-51/h46-54H,13-45H2,1-12H3/t46-,47-,48-,49-,50?,51?,52-,53?,54?/m1/s1. The number of hydrogen-bond donors (Lipinski definition) is 0. The van der Waals surface area contributed by atoms with Crippen LogP contribution in [0.4, 0.5) is 0 Å².